The largest absolute Gasteiger partial charge is 0.454 e. The molecule has 0 atom stereocenters. The summed E-state index contributed by atoms with van der Waals surface area (Å²) in [7, 11) is 0. The molecule has 0 aliphatic carbocycles. The second kappa shape index (κ2) is 18.4. The Labute approximate surface area is 397 Å². The molecule has 0 saturated carbocycles. The molecule has 4 aromatic carbocycles. The Hall–Kier alpha value is -4.40. The molecule has 0 unspecified atom stereocenters. The second-order valence-corrected chi connectivity index (χ2v) is 18.8. The summed E-state index contributed by atoms with van der Waals surface area (Å²) in [5.74, 6) is 3.11. The quantitative estimate of drug-likeness (QED) is 0.118. The SMILES string of the molecule is N=c1ncn(CCc2c(Cl)cccc2Cl)c2nc(Sc3cc4c(cc3Br)OCO4)[nH]c12.Nc1ncnc2c1nc(Sc1cc3c(cc1Br)OCO3)n2CCc1c(Cl)cccc1Cl. The minimum atomic E-state index is 0.131. The lowest BCUT2D eigenvalue weighted by molar-refractivity contribution is 0.173. The molecule has 14 nitrogen and oxygen atoms in total. The molecule has 0 saturated heterocycles. The maximum Gasteiger partial charge on any atom is 0.231 e. The average molecular weight is 1080 g/mol. The highest BCUT2D eigenvalue weighted by molar-refractivity contribution is 9.10. The molecule has 2 aliphatic heterocycles. The second-order valence-electron chi connectivity index (χ2n) is 13.4. The molecule has 0 fully saturated rings. The summed E-state index contributed by atoms with van der Waals surface area (Å²) in [6, 6.07) is 18.5. The molecular formula is C40H28Br2Cl4N10O4S2. The van der Waals surface area contributed by atoms with E-state index in [1.165, 1.54) is 29.9 Å². The number of aromatic amines is 1. The number of nitrogens with two attached hydrogens (primary N) is 1. The molecule has 8 aromatic rings. The van der Waals surface area contributed by atoms with Crippen LogP contribution < -0.4 is 30.2 Å². The van der Waals surface area contributed by atoms with Crippen LogP contribution in [-0.4, -0.2) is 52.6 Å². The Balaban J connectivity index is 0.000000158. The van der Waals surface area contributed by atoms with E-state index in [-0.39, 0.29) is 19.1 Å². The number of nitrogens with zero attached hydrogens (tertiary/aromatic N) is 7. The Morgan fingerprint density at radius 2 is 1.26 bits per heavy atom. The van der Waals surface area contributed by atoms with E-state index in [9.17, 15) is 0 Å². The van der Waals surface area contributed by atoms with Crippen LogP contribution in [0.15, 0.2) is 102 Å². The van der Waals surface area contributed by atoms with Gasteiger partial charge in [0, 0.05) is 51.9 Å². The van der Waals surface area contributed by atoms with Crippen LogP contribution in [0.25, 0.3) is 22.3 Å². The zero-order chi connectivity index (χ0) is 43.1. The fourth-order valence-corrected chi connectivity index (χ4v) is 10.6. The van der Waals surface area contributed by atoms with Gasteiger partial charge < -0.3 is 38.8 Å². The number of nitrogen functional groups attached to an aromatic ring is 1. The van der Waals surface area contributed by atoms with E-state index in [1.807, 2.05) is 69.8 Å². The van der Waals surface area contributed by atoms with Crippen molar-refractivity contribution < 1.29 is 18.9 Å². The average Bonchev–Trinajstić information content (AvgIpc) is 4.06. The zero-order valence-electron chi connectivity index (χ0n) is 31.6. The minimum absolute atomic E-state index is 0.131. The first kappa shape index (κ1) is 42.9. The van der Waals surface area contributed by atoms with Crippen molar-refractivity contribution in [1.29, 1.82) is 5.41 Å². The Morgan fingerprint density at radius 1 is 0.710 bits per heavy atom. The molecule has 4 aromatic heterocycles. The molecule has 0 spiro atoms. The van der Waals surface area contributed by atoms with Gasteiger partial charge in [-0.05, 0) is 104 Å². The third kappa shape index (κ3) is 8.88. The Morgan fingerprint density at radius 3 is 1.85 bits per heavy atom. The number of nitrogens with one attached hydrogen (secondary N) is 2. The van der Waals surface area contributed by atoms with Crippen molar-refractivity contribution >= 4 is 130 Å². The summed E-state index contributed by atoms with van der Waals surface area (Å²) in [5.41, 5.74) is 10.3. The highest BCUT2D eigenvalue weighted by Gasteiger charge is 2.22. The molecule has 0 amide bonds. The molecule has 4 N–H and O–H groups in total. The van der Waals surface area contributed by atoms with Crippen LogP contribution in [0.2, 0.25) is 20.1 Å². The van der Waals surface area contributed by atoms with E-state index < -0.39 is 0 Å². The van der Waals surface area contributed by atoms with Gasteiger partial charge >= 0.3 is 0 Å². The van der Waals surface area contributed by atoms with Crippen molar-refractivity contribution in [3.05, 3.63) is 119 Å². The summed E-state index contributed by atoms with van der Waals surface area (Å²) in [4.78, 5) is 27.1. The number of aromatic nitrogens is 8. The van der Waals surface area contributed by atoms with Crippen molar-refractivity contribution in [2.75, 3.05) is 19.3 Å². The fraction of sp³-hybridized carbons (Fsp3) is 0.150. The van der Waals surface area contributed by atoms with Crippen molar-refractivity contribution in [2.45, 2.75) is 46.0 Å². The molecule has 2 aliphatic rings. The van der Waals surface area contributed by atoms with Crippen LogP contribution in [-0.2, 0) is 25.9 Å². The van der Waals surface area contributed by atoms with Gasteiger partial charge in [0.25, 0.3) is 0 Å². The lowest BCUT2D eigenvalue weighted by Gasteiger charge is -2.11. The third-order valence-corrected chi connectivity index (χ3v) is 14.8. The predicted octanol–water partition coefficient (Wildman–Crippen LogP) is 11.0. The number of H-pyrrole nitrogens is 1. The normalized spacial score (nSPS) is 12.6. The van der Waals surface area contributed by atoms with E-state index >= 15 is 0 Å². The van der Waals surface area contributed by atoms with Crippen molar-refractivity contribution in [3.8, 4) is 23.0 Å². The Bertz CT molecular complexity index is 3060. The van der Waals surface area contributed by atoms with E-state index in [4.69, 9.17) is 86.5 Å². The summed E-state index contributed by atoms with van der Waals surface area (Å²) in [5, 5.41) is 12.0. The van der Waals surface area contributed by atoms with Crippen molar-refractivity contribution in [3.63, 3.8) is 0 Å². The predicted molar refractivity (Wildman–Crippen MR) is 247 cm³/mol. The number of hydrogen-bond acceptors (Lipinski definition) is 13. The smallest absolute Gasteiger partial charge is 0.231 e. The molecule has 22 heteroatoms. The maximum absolute atomic E-state index is 8.17. The van der Waals surface area contributed by atoms with Crippen LogP contribution >= 0.6 is 102 Å². The molecule has 62 heavy (non-hydrogen) atoms. The summed E-state index contributed by atoms with van der Waals surface area (Å²) < 4.78 is 27.5. The van der Waals surface area contributed by atoms with Gasteiger partial charge in [0.2, 0.25) is 13.6 Å². The number of hydrogen-bond donors (Lipinski definition) is 3. The molecule has 316 valence electrons. The van der Waals surface area contributed by atoms with Crippen molar-refractivity contribution in [2.24, 2.45) is 0 Å². The first-order valence-electron chi connectivity index (χ1n) is 18.4. The highest BCUT2D eigenvalue weighted by Crippen LogP contribution is 2.44. The van der Waals surface area contributed by atoms with Crippen LogP contribution in [0.5, 0.6) is 23.0 Å². The van der Waals surface area contributed by atoms with Gasteiger partial charge in [-0.1, -0.05) is 82.1 Å². The third-order valence-electron chi connectivity index (χ3n) is 9.60. The number of aryl methyl sites for hydroxylation is 2. The lowest BCUT2D eigenvalue weighted by atomic mass is 10.1. The van der Waals surface area contributed by atoms with Gasteiger partial charge in [-0.15, -0.1) is 0 Å². The topological polar surface area (TPSA) is 177 Å². The minimum Gasteiger partial charge on any atom is -0.454 e. The van der Waals surface area contributed by atoms with Crippen LogP contribution in [0.1, 0.15) is 11.1 Å². The number of imidazole rings is 2. The van der Waals surface area contributed by atoms with Gasteiger partial charge in [0.05, 0.1) is 6.33 Å². The van der Waals surface area contributed by atoms with Crippen LogP contribution in [0, 0.1) is 5.41 Å². The summed E-state index contributed by atoms with van der Waals surface area (Å²) >= 11 is 35.4. The number of ether oxygens (including phenoxy) is 4. The molecular weight excluding hydrogens is 1050 g/mol. The fourth-order valence-electron chi connectivity index (χ4n) is 6.54. The molecule has 0 radical (unpaired) electrons. The van der Waals surface area contributed by atoms with Gasteiger partial charge in [-0.3, -0.25) is 5.41 Å². The van der Waals surface area contributed by atoms with E-state index in [0.29, 0.717) is 107 Å². The molecule has 0 bridgehead atoms. The molecule has 10 rings (SSSR count). The van der Waals surface area contributed by atoms with E-state index in [0.717, 1.165) is 29.9 Å². The van der Waals surface area contributed by atoms with E-state index in [2.05, 4.69) is 51.8 Å². The maximum atomic E-state index is 8.17. The zero-order valence-corrected chi connectivity index (χ0v) is 39.4. The van der Waals surface area contributed by atoms with Gasteiger partial charge in [-0.25, -0.2) is 24.9 Å². The number of anilines is 1. The highest BCUT2D eigenvalue weighted by atomic mass is 79.9. The van der Waals surface area contributed by atoms with E-state index in [1.54, 1.807) is 6.33 Å². The number of halogens is 6. The number of rotatable bonds is 10. The summed E-state index contributed by atoms with van der Waals surface area (Å²) in [6.45, 7) is 1.54. The lowest BCUT2D eigenvalue weighted by Crippen LogP contribution is -2.13. The van der Waals surface area contributed by atoms with Gasteiger partial charge in [0.15, 0.2) is 61.4 Å². The van der Waals surface area contributed by atoms with Gasteiger partial charge in [-0.2, -0.15) is 0 Å². The van der Waals surface area contributed by atoms with Crippen molar-refractivity contribution in [1.82, 2.24) is 39.0 Å². The first-order valence-corrected chi connectivity index (χ1v) is 23.1. The standard InChI is InChI=1S/2C20H14BrCl2N5O2S/c21-11-6-14-15(30-9-29-14)7-16(11)31-20-26-17-18(24)25-8-28(19(17)27-20)5-4-10-12(22)2-1-3-13(10)23;21-11-6-14-15(30-9-29-14)7-16(11)31-20-27-17-18(24)25-8-26-19(17)28(20)5-4-10-12(22)2-1-3-13(10)23/h1-3,6-8,24H,4-5,9H2,(H,26,27);1-3,6-8H,4-5,9H2,(H2,24,25,26). The number of fused-ring (bicyclic) bond motifs is 4. The number of benzene rings is 4. The van der Waals surface area contributed by atoms with Crippen LogP contribution in [0.4, 0.5) is 5.82 Å². The summed E-state index contributed by atoms with van der Waals surface area (Å²) in [6.07, 6.45) is 4.26. The molecule has 6 heterocycles. The Kier molecular flexibility index (Phi) is 12.7. The van der Waals surface area contributed by atoms with Gasteiger partial charge in [0.1, 0.15) is 11.8 Å². The monoisotopic (exact) mass is 1070 g/mol. The van der Waals surface area contributed by atoms with Crippen LogP contribution in [0.3, 0.4) is 0 Å². The first-order chi connectivity index (χ1) is 30.0.